The molecule has 0 bridgehead atoms. The molecule has 0 aliphatic carbocycles. The SMILES string of the molecule is CN(CCC(F)(F)F)C(=O)c1cc(Cl)ccc1O. The highest BCUT2D eigenvalue weighted by Gasteiger charge is 2.28. The van der Waals surface area contributed by atoms with Crippen LogP contribution in [0.15, 0.2) is 18.2 Å². The second kappa shape index (κ2) is 5.48. The molecule has 0 saturated heterocycles. The zero-order valence-electron chi connectivity index (χ0n) is 9.46. The number of hydrogen-bond acceptors (Lipinski definition) is 2. The van der Waals surface area contributed by atoms with Crippen LogP contribution < -0.4 is 0 Å². The summed E-state index contributed by atoms with van der Waals surface area (Å²) in [6.07, 6.45) is -5.43. The lowest BCUT2D eigenvalue weighted by molar-refractivity contribution is -0.136. The minimum atomic E-state index is -4.33. The van der Waals surface area contributed by atoms with Crippen molar-refractivity contribution in [2.75, 3.05) is 13.6 Å². The van der Waals surface area contributed by atoms with Gasteiger partial charge < -0.3 is 10.0 Å². The fourth-order valence-electron chi connectivity index (χ4n) is 1.28. The van der Waals surface area contributed by atoms with Crippen LogP contribution in [0.2, 0.25) is 5.02 Å². The first-order valence-corrected chi connectivity index (χ1v) is 5.39. The Kier molecular flexibility index (Phi) is 4.45. The maximum atomic E-state index is 12.0. The molecule has 18 heavy (non-hydrogen) atoms. The van der Waals surface area contributed by atoms with E-state index in [1.807, 2.05) is 0 Å². The molecule has 1 rings (SSSR count). The van der Waals surface area contributed by atoms with Gasteiger partial charge in [0.25, 0.3) is 5.91 Å². The van der Waals surface area contributed by atoms with Crippen LogP contribution in [0.3, 0.4) is 0 Å². The van der Waals surface area contributed by atoms with Crippen molar-refractivity contribution in [1.82, 2.24) is 4.90 Å². The number of alkyl halides is 3. The van der Waals surface area contributed by atoms with Gasteiger partial charge in [0, 0.05) is 18.6 Å². The van der Waals surface area contributed by atoms with E-state index in [-0.39, 0.29) is 16.3 Å². The Morgan fingerprint density at radius 3 is 2.61 bits per heavy atom. The maximum absolute atomic E-state index is 12.0. The Morgan fingerprint density at radius 2 is 2.06 bits per heavy atom. The Hall–Kier alpha value is -1.43. The standard InChI is InChI=1S/C11H11ClF3NO2/c1-16(5-4-11(13,14)15)10(18)8-6-7(12)2-3-9(8)17/h2-3,6,17H,4-5H2,1H3. The van der Waals surface area contributed by atoms with Crippen LogP contribution in [-0.4, -0.2) is 35.7 Å². The van der Waals surface area contributed by atoms with Crippen molar-refractivity contribution in [2.45, 2.75) is 12.6 Å². The molecular formula is C11H11ClF3NO2. The smallest absolute Gasteiger partial charge is 0.390 e. The van der Waals surface area contributed by atoms with Crippen molar-refractivity contribution in [2.24, 2.45) is 0 Å². The summed E-state index contributed by atoms with van der Waals surface area (Å²) < 4.78 is 36.1. The summed E-state index contributed by atoms with van der Waals surface area (Å²) in [5, 5.41) is 9.68. The number of benzene rings is 1. The molecule has 0 aromatic heterocycles. The Labute approximate surface area is 107 Å². The molecule has 1 aromatic rings. The van der Waals surface area contributed by atoms with Gasteiger partial charge in [0.05, 0.1) is 12.0 Å². The van der Waals surface area contributed by atoms with Gasteiger partial charge in [-0.2, -0.15) is 13.2 Å². The number of phenols is 1. The molecule has 0 atom stereocenters. The van der Waals surface area contributed by atoms with Gasteiger partial charge in [-0.3, -0.25) is 4.79 Å². The number of rotatable bonds is 3. The predicted octanol–water partition coefficient (Wildman–Crippen LogP) is 3.07. The fourth-order valence-corrected chi connectivity index (χ4v) is 1.45. The molecule has 3 nitrogen and oxygen atoms in total. The third-order valence-corrected chi connectivity index (χ3v) is 2.50. The first-order chi connectivity index (χ1) is 8.20. The van der Waals surface area contributed by atoms with E-state index >= 15 is 0 Å². The van der Waals surface area contributed by atoms with Gasteiger partial charge in [0.1, 0.15) is 5.75 Å². The van der Waals surface area contributed by atoms with E-state index in [1.54, 1.807) is 0 Å². The van der Waals surface area contributed by atoms with Crippen LogP contribution in [0.4, 0.5) is 13.2 Å². The number of aromatic hydroxyl groups is 1. The van der Waals surface area contributed by atoms with Crippen molar-refractivity contribution < 1.29 is 23.1 Å². The lowest BCUT2D eigenvalue weighted by atomic mass is 10.1. The second-order valence-corrected chi connectivity index (χ2v) is 4.19. The minimum Gasteiger partial charge on any atom is -0.507 e. The Bertz CT molecular complexity index is 448. The summed E-state index contributed by atoms with van der Waals surface area (Å²) >= 11 is 5.65. The largest absolute Gasteiger partial charge is 0.507 e. The number of hydrogen-bond donors (Lipinski definition) is 1. The minimum absolute atomic E-state index is 0.118. The van der Waals surface area contributed by atoms with Gasteiger partial charge in [0.15, 0.2) is 0 Å². The average Bonchev–Trinajstić information content (AvgIpc) is 2.27. The number of amides is 1. The molecule has 0 saturated carbocycles. The first kappa shape index (κ1) is 14.6. The maximum Gasteiger partial charge on any atom is 0.390 e. The molecule has 0 fully saturated rings. The van der Waals surface area contributed by atoms with Crippen molar-refractivity contribution in [3.05, 3.63) is 28.8 Å². The van der Waals surface area contributed by atoms with E-state index in [0.717, 1.165) is 4.90 Å². The Balaban J connectivity index is 2.77. The van der Waals surface area contributed by atoms with Gasteiger partial charge in [-0.05, 0) is 18.2 Å². The van der Waals surface area contributed by atoms with E-state index in [0.29, 0.717) is 0 Å². The summed E-state index contributed by atoms with van der Waals surface area (Å²) in [5.74, 6) is -1.03. The molecule has 0 aliphatic heterocycles. The van der Waals surface area contributed by atoms with Crippen molar-refractivity contribution >= 4 is 17.5 Å². The number of carbonyl (C=O) groups excluding carboxylic acids is 1. The molecule has 100 valence electrons. The highest BCUT2D eigenvalue weighted by molar-refractivity contribution is 6.31. The molecular weight excluding hydrogens is 271 g/mol. The van der Waals surface area contributed by atoms with E-state index in [9.17, 15) is 23.1 Å². The third-order valence-electron chi connectivity index (χ3n) is 2.27. The van der Waals surface area contributed by atoms with Gasteiger partial charge in [-0.15, -0.1) is 0 Å². The number of carbonyl (C=O) groups is 1. The number of nitrogens with zero attached hydrogens (tertiary/aromatic N) is 1. The van der Waals surface area contributed by atoms with Crippen LogP contribution in [0.5, 0.6) is 5.75 Å². The topological polar surface area (TPSA) is 40.5 Å². The highest BCUT2D eigenvalue weighted by atomic mass is 35.5. The lowest BCUT2D eigenvalue weighted by Gasteiger charge is -2.18. The molecule has 0 aliphatic rings. The second-order valence-electron chi connectivity index (χ2n) is 3.75. The molecule has 0 heterocycles. The summed E-state index contributed by atoms with van der Waals surface area (Å²) in [6.45, 7) is -0.478. The quantitative estimate of drug-likeness (QED) is 0.925. The first-order valence-electron chi connectivity index (χ1n) is 5.01. The van der Waals surface area contributed by atoms with Crippen LogP contribution in [0, 0.1) is 0 Å². The normalized spacial score (nSPS) is 11.4. The van der Waals surface area contributed by atoms with Crippen LogP contribution in [0.1, 0.15) is 16.8 Å². The monoisotopic (exact) mass is 281 g/mol. The molecule has 1 amide bonds. The molecule has 7 heteroatoms. The van der Waals surface area contributed by atoms with E-state index in [1.165, 1.54) is 25.2 Å². The summed E-state index contributed by atoms with van der Waals surface area (Å²) in [6, 6.07) is 3.81. The van der Waals surface area contributed by atoms with E-state index in [4.69, 9.17) is 11.6 Å². The van der Waals surface area contributed by atoms with Gasteiger partial charge in [-0.1, -0.05) is 11.6 Å². The number of phenolic OH excluding ortho intramolecular Hbond substituents is 1. The molecule has 0 unspecified atom stereocenters. The summed E-state index contributed by atoms with van der Waals surface area (Å²) in [5.41, 5.74) is -0.118. The molecule has 0 radical (unpaired) electrons. The molecule has 1 N–H and O–H groups in total. The van der Waals surface area contributed by atoms with E-state index < -0.39 is 25.0 Å². The highest BCUT2D eigenvalue weighted by Crippen LogP contribution is 2.24. The van der Waals surface area contributed by atoms with Crippen LogP contribution in [-0.2, 0) is 0 Å². The van der Waals surface area contributed by atoms with E-state index in [2.05, 4.69) is 0 Å². The van der Waals surface area contributed by atoms with Crippen molar-refractivity contribution in [1.29, 1.82) is 0 Å². The van der Waals surface area contributed by atoms with Gasteiger partial charge >= 0.3 is 6.18 Å². The molecule has 0 spiro atoms. The average molecular weight is 282 g/mol. The molecule has 1 aromatic carbocycles. The van der Waals surface area contributed by atoms with Crippen LogP contribution >= 0.6 is 11.6 Å². The van der Waals surface area contributed by atoms with Gasteiger partial charge in [-0.25, -0.2) is 0 Å². The van der Waals surface area contributed by atoms with Crippen molar-refractivity contribution in [3.8, 4) is 5.75 Å². The zero-order valence-corrected chi connectivity index (χ0v) is 10.2. The lowest BCUT2D eigenvalue weighted by Crippen LogP contribution is -2.30. The van der Waals surface area contributed by atoms with Crippen LogP contribution in [0.25, 0.3) is 0 Å². The number of halogens is 4. The van der Waals surface area contributed by atoms with Gasteiger partial charge in [0.2, 0.25) is 0 Å². The fraction of sp³-hybridized carbons (Fsp3) is 0.364. The van der Waals surface area contributed by atoms with Crippen molar-refractivity contribution in [3.63, 3.8) is 0 Å². The predicted molar refractivity (Wildman–Crippen MR) is 60.7 cm³/mol. The summed E-state index contributed by atoms with van der Waals surface area (Å²) in [4.78, 5) is 12.7. The zero-order chi connectivity index (χ0) is 13.9. The summed E-state index contributed by atoms with van der Waals surface area (Å²) in [7, 11) is 1.23. The Morgan fingerprint density at radius 1 is 1.44 bits per heavy atom. The third kappa shape index (κ3) is 4.10.